The molecule has 6 heteroatoms. The van der Waals surface area contributed by atoms with Crippen LogP contribution in [0.4, 0.5) is 4.79 Å². The van der Waals surface area contributed by atoms with Crippen LogP contribution in [0.2, 0.25) is 0 Å². The van der Waals surface area contributed by atoms with E-state index in [0.29, 0.717) is 25.7 Å². The first-order valence-electron chi connectivity index (χ1n) is 6.36. The van der Waals surface area contributed by atoms with Crippen LogP contribution in [-0.4, -0.2) is 66.3 Å². The molecule has 0 aromatic heterocycles. The van der Waals surface area contributed by atoms with Gasteiger partial charge in [-0.15, -0.1) is 0 Å². The molecule has 1 saturated carbocycles. The highest BCUT2D eigenvalue weighted by atomic mass is 16.5. The zero-order valence-electron chi connectivity index (χ0n) is 11.1. The fraction of sp³-hybridized carbons (Fsp3) is 0.833. The third kappa shape index (κ3) is 4.52. The largest absolute Gasteiger partial charge is 0.481 e. The van der Waals surface area contributed by atoms with Crippen LogP contribution in [0.15, 0.2) is 0 Å². The van der Waals surface area contributed by atoms with E-state index >= 15 is 0 Å². The molecule has 0 saturated heterocycles. The van der Waals surface area contributed by atoms with E-state index in [0.717, 1.165) is 12.8 Å². The average molecular weight is 258 g/mol. The lowest BCUT2D eigenvalue weighted by molar-refractivity contribution is -0.137. The molecule has 1 aliphatic carbocycles. The van der Waals surface area contributed by atoms with Gasteiger partial charge in [0.15, 0.2) is 0 Å². The number of methoxy groups -OCH3 is 1. The molecule has 1 aliphatic rings. The maximum atomic E-state index is 12.3. The van der Waals surface area contributed by atoms with Crippen molar-refractivity contribution >= 4 is 12.0 Å². The molecule has 1 fully saturated rings. The van der Waals surface area contributed by atoms with Gasteiger partial charge >= 0.3 is 12.0 Å². The first-order valence-corrected chi connectivity index (χ1v) is 6.36. The minimum atomic E-state index is -0.879. The molecule has 0 aliphatic heterocycles. The Labute approximate surface area is 107 Å². The van der Waals surface area contributed by atoms with Crippen LogP contribution in [0.25, 0.3) is 0 Å². The lowest BCUT2D eigenvalue weighted by Gasteiger charge is -2.29. The molecule has 2 amide bonds. The van der Waals surface area contributed by atoms with E-state index in [1.807, 2.05) is 6.92 Å². The molecular formula is C12H22N2O4. The zero-order valence-corrected chi connectivity index (χ0v) is 11.1. The summed E-state index contributed by atoms with van der Waals surface area (Å²) < 4.78 is 5.01. The second-order valence-electron chi connectivity index (χ2n) is 4.42. The molecule has 104 valence electrons. The number of hydrogen-bond donors (Lipinski definition) is 1. The molecule has 6 nitrogen and oxygen atoms in total. The number of carbonyl (C=O) groups is 2. The normalized spacial score (nSPS) is 14.3. The predicted octanol–water partition coefficient (Wildman–Crippen LogP) is 1.01. The van der Waals surface area contributed by atoms with Gasteiger partial charge in [-0.3, -0.25) is 4.79 Å². The van der Waals surface area contributed by atoms with Crippen molar-refractivity contribution < 1.29 is 19.4 Å². The average Bonchev–Trinajstić information content (AvgIpc) is 3.14. The Bertz CT molecular complexity index is 292. The molecule has 0 heterocycles. The number of urea groups is 1. The van der Waals surface area contributed by atoms with E-state index in [1.165, 1.54) is 0 Å². The molecular weight excluding hydrogens is 236 g/mol. The van der Waals surface area contributed by atoms with E-state index in [4.69, 9.17) is 9.84 Å². The first-order chi connectivity index (χ1) is 8.60. The molecule has 0 aromatic rings. The Morgan fingerprint density at radius 3 is 2.44 bits per heavy atom. The topological polar surface area (TPSA) is 70.1 Å². The highest BCUT2D eigenvalue weighted by molar-refractivity contribution is 5.76. The molecule has 0 aromatic carbocycles. The number of amides is 2. The van der Waals surface area contributed by atoms with Gasteiger partial charge in [0, 0.05) is 32.8 Å². The molecule has 1 N–H and O–H groups in total. The van der Waals surface area contributed by atoms with Crippen molar-refractivity contribution in [3.05, 3.63) is 0 Å². The van der Waals surface area contributed by atoms with Crippen LogP contribution >= 0.6 is 0 Å². The minimum Gasteiger partial charge on any atom is -0.481 e. The fourth-order valence-electron chi connectivity index (χ4n) is 1.81. The van der Waals surface area contributed by atoms with E-state index < -0.39 is 5.97 Å². The monoisotopic (exact) mass is 258 g/mol. The summed E-state index contributed by atoms with van der Waals surface area (Å²) >= 11 is 0. The fourth-order valence-corrected chi connectivity index (χ4v) is 1.81. The molecule has 18 heavy (non-hydrogen) atoms. The van der Waals surface area contributed by atoms with Gasteiger partial charge in [0.2, 0.25) is 0 Å². The Kier molecular flexibility index (Phi) is 5.91. The SMILES string of the molecule is CCN(CCC(=O)O)C(=O)N(CCOC)C1CC1. The number of aliphatic carboxylic acids is 1. The highest BCUT2D eigenvalue weighted by Gasteiger charge is 2.34. The summed E-state index contributed by atoms with van der Waals surface area (Å²) in [4.78, 5) is 26.2. The maximum Gasteiger partial charge on any atom is 0.320 e. The summed E-state index contributed by atoms with van der Waals surface area (Å²) in [5.74, 6) is -0.879. The van der Waals surface area contributed by atoms with Crippen LogP contribution < -0.4 is 0 Å². The van der Waals surface area contributed by atoms with Gasteiger partial charge in [-0.05, 0) is 19.8 Å². The van der Waals surface area contributed by atoms with Crippen LogP contribution in [0.5, 0.6) is 0 Å². The Morgan fingerprint density at radius 2 is 2.00 bits per heavy atom. The number of carboxylic acids is 1. The number of ether oxygens (including phenoxy) is 1. The molecule has 0 spiro atoms. The van der Waals surface area contributed by atoms with Crippen LogP contribution in [0.3, 0.4) is 0 Å². The van der Waals surface area contributed by atoms with E-state index in [-0.39, 0.29) is 19.0 Å². The molecule has 0 atom stereocenters. The molecule has 1 rings (SSSR count). The van der Waals surface area contributed by atoms with Crippen molar-refractivity contribution in [3.63, 3.8) is 0 Å². The third-order valence-corrected chi connectivity index (χ3v) is 3.02. The molecule has 0 unspecified atom stereocenters. The number of carbonyl (C=O) groups excluding carboxylic acids is 1. The third-order valence-electron chi connectivity index (χ3n) is 3.02. The quantitative estimate of drug-likeness (QED) is 0.705. The predicted molar refractivity (Wildman–Crippen MR) is 66.5 cm³/mol. The molecule has 0 bridgehead atoms. The second-order valence-corrected chi connectivity index (χ2v) is 4.42. The summed E-state index contributed by atoms with van der Waals surface area (Å²) in [6.45, 7) is 3.74. The van der Waals surface area contributed by atoms with Gasteiger partial charge in [-0.2, -0.15) is 0 Å². The van der Waals surface area contributed by atoms with E-state index in [9.17, 15) is 9.59 Å². The molecule has 0 radical (unpaired) electrons. The van der Waals surface area contributed by atoms with Gasteiger partial charge in [0.25, 0.3) is 0 Å². The van der Waals surface area contributed by atoms with Crippen molar-refractivity contribution in [1.29, 1.82) is 0 Å². The number of carboxylic acid groups (broad SMARTS) is 1. The van der Waals surface area contributed by atoms with Crippen molar-refractivity contribution in [2.24, 2.45) is 0 Å². The zero-order chi connectivity index (χ0) is 13.5. The van der Waals surface area contributed by atoms with Crippen molar-refractivity contribution in [2.75, 3.05) is 33.4 Å². The Hall–Kier alpha value is -1.30. The van der Waals surface area contributed by atoms with Gasteiger partial charge in [0.1, 0.15) is 0 Å². The second kappa shape index (κ2) is 7.20. The van der Waals surface area contributed by atoms with Crippen LogP contribution in [-0.2, 0) is 9.53 Å². The summed E-state index contributed by atoms with van der Waals surface area (Å²) in [6.07, 6.45) is 2.06. The maximum absolute atomic E-state index is 12.3. The van der Waals surface area contributed by atoms with Gasteiger partial charge in [0.05, 0.1) is 13.0 Å². The van der Waals surface area contributed by atoms with Gasteiger partial charge < -0.3 is 19.6 Å². The van der Waals surface area contributed by atoms with Crippen molar-refractivity contribution in [1.82, 2.24) is 9.80 Å². The number of hydrogen-bond acceptors (Lipinski definition) is 3. The smallest absolute Gasteiger partial charge is 0.320 e. The summed E-state index contributed by atoms with van der Waals surface area (Å²) in [6, 6.07) is 0.241. The number of rotatable bonds is 8. The van der Waals surface area contributed by atoms with Crippen molar-refractivity contribution in [2.45, 2.75) is 32.2 Å². The van der Waals surface area contributed by atoms with Crippen LogP contribution in [0.1, 0.15) is 26.2 Å². The van der Waals surface area contributed by atoms with Crippen LogP contribution in [0, 0.1) is 0 Å². The van der Waals surface area contributed by atoms with Gasteiger partial charge in [-0.25, -0.2) is 4.79 Å². The standard InChI is InChI=1S/C12H22N2O4/c1-3-13(7-6-11(15)16)12(17)14(8-9-18-2)10-4-5-10/h10H,3-9H2,1-2H3,(H,15,16). The highest BCUT2D eigenvalue weighted by Crippen LogP contribution is 2.27. The first kappa shape index (κ1) is 14.8. The number of nitrogens with zero attached hydrogens (tertiary/aromatic N) is 2. The minimum absolute atomic E-state index is 0.0115. The van der Waals surface area contributed by atoms with E-state index in [1.54, 1.807) is 16.9 Å². The van der Waals surface area contributed by atoms with Gasteiger partial charge in [-0.1, -0.05) is 0 Å². The summed E-state index contributed by atoms with van der Waals surface area (Å²) in [7, 11) is 1.61. The Morgan fingerprint density at radius 1 is 1.33 bits per heavy atom. The summed E-state index contributed by atoms with van der Waals surface area (Å²) in [5.41, 5.74) is 0. The lowest BCUT2D eigenvalue weighted by atomic mass is 10.3. The van der Waals surface area contributed by atoms with E-state index in [2.05, 4.69) is 0 Å². The lowest BCUT2D eigenvalue weighted by Crippen LogP contribution is -2.46. The Balaban J connectivity index is 2.52. The van der Waals surface area contributed by atoms with Crippen molar-refractivity contribution in [3.8, 4) is 0 Å². The summed E-state index contributed by atoms with van der Waals surface area (Å²) in [5, 5.41) is 8.67.